The third-order valence-electron chi connectivity index (χ3n) is 12.1. The number of Topliss-reactive ketones (excluding diaryl/α,β-unsaturated/α-hetero) is 1. The molecule has 0 spiro atoms. The number of piperidine rings is 2. The average Bonchev–Trinajstić information content (AvgIpc) is 3.20. The van der Waals surface area contributed by atoms with Crippen molar-refractivity contribution in [2.75, 3.05) is 24.5 Å². The molecule has 7 rings (SSSR count). The molecule has 3 heterocycles. The average molecular weight is 810 g/mol. The molecule has 2 aliphatic carbocycles. The Hall–Kier alpha value is -5.06. The molecule has 2 aromatic carbocycles. The number of aromatic nitrogens is 2. The number of hydrogen-bond acceptors (Lipinski definition) is 11. The molecule has 14 heteroatoms. The molecule has 13 nitrogen and oxygen atoms in total. The van der Waals surface area contributed by atoms with E-state index in [1.165, 1.54) is 0 Å². The van der Waals surface area contributed by atoms with Crippen LogP contribution in [-0.4, -0.2) is 88.3 Å². The lowest BCUT2D eigenvalue weighted by Gasteiger charge is -2.46. The maximum Gasteiger partial charge on any atom is 0.251 e. The van der Waals surface area contributed by atoms with E-state index in [0.717, 1.165) is 76.8 Å². The maximum atomic E-state index is 13.1. The minimum absolute atomic E-state index is 0.0318. The Morgan fingerprint density at radius 1 is 0.931 bits per heavy atom. The van der Waals surface area contributed by atoms with Crippen molar-refractivity contribution in [2.24, 2.45) is 11.8 Å². The Kier molecular flexibility index (Phi) is 13.2. The number of carbonyl (C=O) groups is 4. The standard InChI is InChI=1S/C44H52ClN7O6/c1-27(2)52(32-20-36(21-32)58-34-10-5-30(6-11-34)43(55)49-38-13-14-42(54)50-44(38)56)26-29-15-17-51(18-16-29)41-25-47-39(24-48-41)40(53)19-28-3-8-33(9-4-28)57-35-12-7-31(23-46)37(45)22-35/h5-7,10-12,22,24-25,27-29,32-33,36,38H,3-4,8-9,13-21,26H2,1-2H3,(H,49,55)(H,50,54,56). The summed E-state index contributed by atoms with van der Waals surface area (Å²) >= 11 is 6.16. The number of hydrogen-bond donors (Lipinski definition) is 2. The van der Waals surface area contributed by atoms with E-state index in [1.54, 1.807) is 54.9 Å². The maximum absolute atomic E-state index is 13.1. The smallest absolute Gasteiger partial charge is 0.251 e. The Bertz CT molecular complexity index is 1980. The summed E-state index contributed by atoms with van der Waals surface area (Å²) < 4.78 is 12.4. The second-order valence-corrected chi connectivity index (χ2v) is 16.9. The minimum Gasteiger partial charge on any atom is -0.490 e. The summed E-state index contributed by atoms with van der Waals surface area (Å²) in [7, 11) is 0. The molecule has 58 heavy (non-hydrogen) atoms. The molecule has 2 aliphatic heterocycles. The number of nitrogens with one attached hydrogen (secondary N) is 2. The van der Waals surface area contributed by atoms with Crippen LogP contribution in [0.4, 0.5) is 5.82 Å². The van der Waals surface area contributed by atoms with Crippen LogP contribution in [0.5, 0.6) is 11.5 Å². The highest BCUT2D eigenvalue weighted by Crippen LogP contribution is 2.34. The number of carbonyl (C=O) groups excluding carboxylic acids is 4. The van der Waals surface area contributed by atoms with E-state index in [1.807, 2.05) is 0 Å². The van der Waals surface area contributed by atoms with Gasteiger partial charge in [0.25, 0.3) is 5.91 Å². The number of nitriles is 1. The van der Waals surface area contributed by atoms with Crippen LogP contribution in [0.15, 0.2) is 54.9 Å². The van der Waals surface area contributed by atoms with E-state index in [0.29, 0.717) is 64.2 Å². The number of imide groups is 1. The SMILES string of the molecule is CC(C)N(CC1CCN(c2cnc(C(=O)CC3CCC(Oc4ccc(C#N)c(Cl)c4)CC3)cn2)CC1)C1CC(Oc2ccc(C(=O)NC3CCC(=O)NC3=O)cc2)C1. The fourth-order valence-corrected chi connectivity index (χ4v) is 8.79. The first-order valence-electron chi connectivity index (χ1n) is 20.6. The molecule has 3 aromatic rings. The van der Waals surface area contributed by atoms with Crippen LogP contribution < -0.4 is 25.0 Å². The van der Waals surface area contributed by atoms with Gasteiger partial charge in [0, 0.05) is 69.0 Å². The van der Waals surface area contributed by atoms with Crippen molar-refractivity contribution in [3.63, 3.8) is 0 Å². The number of benzene rings is 2. The predicted molar refractivity (Wildman–Crippen MR) is 218 cm³/mol. The molecule has 4 aliphatic rings. The quantitative estimate of drug-likeness (QED) is 0.139. The van der Waals surface area contributed by atoms with Gasteiger partial charge in [0.1, 0.15) is 41.2 Å². The molecule has 2 saturated heterocycles. The first-order valence-corrected chi connectivity index (χ1v) is 21.0. The van der Waals surface area contributed by atoms with Crippen molar-refractivity contribution in [3.05, 3.63) is 76.7 Å². The Labute approximate surface area is 344 Å². The zero-order chi connectivity index (χ0) is 40.8. The summed E-state index contributed by atoms with van der Waals surface area (Å²) in [6.07, 6.45) is 12.1. The number of rotatable bonds is 14. The van der Waals surface area contributed by atoms with Crippen LogP contribution in [0.2, 0.25) is 5.02 Å². The number of ether oxygens (including phenoxy) is 2. The highest BCUT2D eigenvalue weighted by Gasteiger charge is 2.38. The summed E-state index contributed by atoms with van der Waals surface area (Å²) in [5.74, 6) is 1.94. The van der Waals surface area contributed by atoms with E-state index < -0.39 is 11.9 Å². The van der Waals surface area contributed by atoms with Crippen LogP contribution in [0.25, 0.3) is 0 Å². The van der Waals surface area contributed by atoms with Gasteiger partial charge >= 0.3 is 0 Å². The van der Waals surface area contributed by atoms with Crippen molar-refractivity contribution in [3.8, 4) is 17.6 Å². The normalized spacial score (nSPS) is 23.8. The van der Waals surface area contributed by atoms with Crippen LogP contribution in [0.1, 0.15) is 111 Å². The van der Waals surface area contributed by atoms with E-state index in [2.05, 4.69) is 50.3 Å². The summed E-state index contributed by atoms with van der Waals surface area (Å²) in [5.41, 5.74) is 1.28. The van der Waals surface area contributed by atoms with Gasteiger partial charge in [-0.25, -0.2) is 9.97 Å². The van der Waals surface area contributed by atoms with E-state index in [-0.39, 0.29) is 42.1 Å². The van der Waals surface area contributed by atoms with E-state index in [9.17, 15) is 19.2 Å². The zero-order valence-corrected chi connectivity index (χ0v) is 34.0. The Morgan fingerprint density at radius 3 is 2.28 bits per heavy atom. The minimum atomic E-state index is -0.713. The third-order valence-corrected chi connectivity index (χ3v) is 12.4. The van der Waals surface area contributed by atoms with Crippen LogP contribution in [0, 0.1) is 23.2 Å². The Balaban J connectivity index is 0.801. The predicted octanol–water partition coefficient (Wildman–Crippen LogP) is 6.28. The molecule has 4 fully saturated rings. The first-order chi connectivity index (χ1) is 28.0. The van der Waals surface area contributed by atoms with E-state index >= 15 is 0 Å². The van der Waals surface area contributed by atoms with Crippen molar-refractivity contribution in [1.82, 2.24) is 25.5 Å². The van der Waals surface area contributed by atoms with E-state index in [4.69, 9.17) is 26.3 Å². The van der Waals surface area contributed by atoms with Crippen LogP contribution in [0.3, 0.4) is 0 Å². The molecule has 0 radical (unpaired) electrons. The lowest BCUT2D eigenvalue weighted by molar-refractivity contribution is -0.134. The largest absolute Gasteiger partial charge is 0.490 e. The van der Waals surface area contributed by atoms with Gasteiger partial charge in [-0.3, -0.25) is 29.4 Å². The second kappa shape index (κ2) is 18.7. The van der Waals surface area contributed by atoms with Crippen LogP contribution in [-0.2, 0) is 9.59 Å². The summed E-state index contributed by atoms with van der Waals surface area (Å²) in [4.78, 5) is 63.3. The fraction of sp³-hybridized carbons (Fsp3) is 0.523. The van der Waals surface area contributed by atoms with Gasteiger partial charge in [-0.15, -0.1) is 0 Å². The van der Waals surface area contributed by atoms with Gasteiger partial charge < -0.3 is 19.7 Å². The molecule has 3 amide bonds. The molecular weight excluding hydrogens is 758 g/mol. The molecule has 2 saturated carbocycles. The van der Waals surface area contributed by atoms with Crippen molar-refractivity contribution >= 4 is 40.9 Å². The van der Waals surface area contributed by atoms with Gasteiger partial charge in [0.15, 0.2) is 5.78 Å². The molecule has 1 aromatic heterocycles. The van der Waals surface area contributed by atoms with Crippen molar-refractivity contribution < 1.29 is 28.7 Å². The van der Waals surface area contributed by atoms with Crippen molar-refractivity contribution in [1.29, 1.82) is 5.26 Å². The van der Waals surface area contributed by atoms with Gasteiger partial charge in [0.05, 0.1) is 29.1 Å². The molecule has 2 N–H and O–H groups in total. The highest BCUT2D eigenvalue weighted by molar-refractivity contribution is 6.31. The first kappa shape index (κ1) is 41.1. The van der Waals surface area contributed by atoms with Gasteiger partial charge in [0.2, 0.25) is 11.8 Å². The number of halogens is 1. The Morgan fingerprint density at radius 2 is 1.64 bits per heavy atom. The monoisotopic (exact) mass is 809 g/mol. The zero-order valence-electron chi connectivity index (χ0n) is 33.2. The lowest BCUT2D eigenvalue weighted by Crippen LogP contribution is -2.53. The second-order valence-electron chi connectivity index (χ2n) is 16.5. The highest BCUT2D eigenvalue weighted by atomic mass is 35.5. The summed E-state index contributed by atoms with van der Waals surface area (Å²) in [5, 5.41) is 14.5. The number of ketones is 1. The molecule has 1 unspecified atom stereocenters. The summed E-state index contributed by atoms with van der Waals surface area (Å²) in [6, 6.07) is 14.3. The third kappa shape index (κ3) is 10.3. The molecule has 306 valence electrons. The van der Waals surface area contributed by atoms with Crippen molar-refractivity contribution in [2.45, 2.75) is 115 Å². The molecule has 0 bridgehead atoms. The fourth-order valence-electron chi connectivity index (χ4n) is 8.58. The molecular formula is C44H52ClN7O6. The van der Waals surface area contributed by atoms with Gasteiger partial charge in [-0.2, -0.15) is 5.26 Å². The number of amides is 3. The molecule has 1 atom stereocenters. The number of nitrogens with zero attached hydrogens (tertiary/aromatic N) is 5. The summed E-state index contributed by atoms with van der Waals surface area (Å²) in [6.45, 7) is 7.36. The topological polar surface area (TPSA) is 167 Å². The van der Waals surface area contributed by atoms with Crippen LogP contribution >= 0.6 is 11.6 Å². The van der Waals surface area contributed by atoms with Gasteiger partial charge in [-0.1, -0.05) is 11.6 Å². The number of anilines is 1. The lowest BCUT2D eigenvalue weighted by atomic mass is 9.84. The van der Waals surface area contributed by atoms with Gasteiger partial charge in [-0.05, 0) is 107 Å².